The summed E-state index contributed by atoms with van der Waals surface area (Å²) in [6.45, 7) is 7.48. The zero-order chi connectivity index (χ0) is 16.1. The van der Waals surface area contributed by atoms with Gasteiger partial charge < -0.3 is 15.3 Å². The summed E-state index contributed by atoms with van der Waals surface area (Å²) < 4.78 is 0. The van der Waals surface area contributed by atoms with Gasteiger partial charge in [-0.2, -0.15) is 0 Å². The van der Waals surface area contributed by atoms with Gasteiger partial charge in [-0.15, -0.1) is 0 Å². The number of aliphatic hydroxyl groups is 1. The molecule has 4 unspecified atom stereocenters. The topological polar surface area (TPSA) is 52.6 Å². The molecule has 4 nitrogen and oxygen atoms in total. The largest absolute Gasteiger partial charge is 0.396 e. The average molecular weight is 310 g/mol. The van der Waals surface area contributed by atoms with Crippen LogP contribution in [0.15, 0.2) is 0 Å². The quantitative estimate of drug-likeness (QED) is 0.790. The van der Waals surface area contributed by atoms with Gasteiger partial charge in [0, 0.05) is 25.2 Å². The first-order valence-corrected chi connectivity index (χ1v) is 9.20. The predicted molar refractivity (Wildman–Crippen MR) is 89.7 cm³/mol. The second-order valence-electron chi connectivity index (χ2n) is 7.80. The first kappa shape index (κ1) is 17.6. The number of amides is 2. The molecule has 0 aromatic heterocycles. The lowest BCUT2D eigenvalue weighted by atomic mass is 9.85. The molecule has 0 aromatic rings. The van der Waals surface area contributed by atoms with Crippen LogP contribution in [0.1, 0.15) is 65.7 Å². The van der Waals surface area contributed by atoms with Crippen molar-refractivity contribution in [2.75, 3.05) is 13.2 Å². The molecule has 0 radical (unpaired) electrons. The van der Waals surface area contributed by atoms with Crippen molar-refractivity contribution in [3.63, 3.8) is 0 Å². The van der Waals surface area contributed by atoms with Crippen molar-refractivity contribution >= 4 is 6.03 Å². The number of urea groups is 1. The molecule has 1 saturated heterocycles. The summed E-state index contributed by atoms with van der Waals surface area (Å²) in [7, 11) is 0. The van der Waals surface area contributed by atoms with Gasteiger partial charge in [-0.25, -0.2) is 4.79 Å². The maximum Gasteiger partial charge on any atom is 0.317 e. The summed E-state index contributed by atoms with van der Waals surface area (Å²) in [5, 5.41) is 12.4. The van der Waals surface area contributed by atoms with Gasteiger partial charge in [-0.1, -0.05) is 26.7 Å². The van der Waals surface area contributed by atoms with Gasteiger partial charge in [0.15, 0.2) is 0 Å². The number of hydrogen-bond donors (Lipinski definition) is 2. The van der Waals surface area contributed by atoms with Crippen LogP contribution >= 0.6 is 0 Å². The fourth-order valence-corrected chi connectivity index (χ4v) is 4.53. The van der Waals surface area contributed by atoms with Crippen LogP contribution in [0.5, 0.6) is 0 Å². The number of carbonyl (C=O) groups is 1. The molecule has 0 spiro atoms. The summed E-state index contributed by atoms with van der Waals surface area (Å²) in [6, 6.07) is 0.952. The highest BCUT2D eigenvalue weighted by Crippen LogP contribution is 2.39. The van der Waals surface area contributed by atoms with Crippen molar-refractivity contribution in [2.45, 2.75) is 77.8 Å². The van der Waals surface area contributed by atoms with E-state index in [0.717, 1.165) is 18.8 Å². The zero-order valence-electron chi connectivity index (χ0n) is 14.6. The minimum absolute atomic E-state index is 0.119. The number of nitrogens with one attached hydrogen (secondary N) is 1. The first-order valence-electron chi connectivity index (χ1n) is 9.20. The average Bonchev–Trinajstić information content (AvgIpc) is 2.80. The van der Waals surface area contributed by atoms with Crippen LogP contribution in [0.3, 0.4) is 0 Å². The van der Waals surface area contributed by atoms with Gasteiger partial charge in [0.2, 0.25) is 0 Å². The fourth-order valence-electron chi connectivity index (χ4n) is 4.53. The van der Waals surface area contributed by atoms with E-state index < -0.39 is 0 Å². The molecule has 1 heterocycles. The number of likely N-dealkylation sites (tertiary alicyclic amines) is 1. The van der Waals surface area contributed by atoms with Crippen molar-refractivity contribution in [1.82, 2.24) is 10.2 Å². The Hall–Kier alpha value is -0.770. The molecule has 1 aliphatic heterocycles. The normalized spacial score (nSPS) is 29.5. The van der Waals surface area contributed by atoms with Crippen LogP contribution in [0.25, 0.3) is 0 Å². The Morgan fingerprint density at radius 3 is 2.73 bits per heavy atom. The molecule has 0 bridgehead atoms. The second kappa shape index (κ2) is 8.19. The fraction of sp³-hybridized carbons (Fsp3) is 0.944. The van der Waals surface area contributed by atoms with E-state index in [1.165, 1.54) is 32.1 Å². The molecule has 4 atom stereocenters. The Labute approximate surface area is 135 Å². The summed E-state index contributed by atoms with van der Waals surface area (Å²) >= 11 is 0. The van der Waals surface area contributed by atoms with Crippen LogP contribution < -0.4 is 5.32 Å². The third kappa shape index (κ3) is 4.37. The maximum absolute atomic E-state index is 12.7. The van der Waals surface area contributed by atoms with Gasteiger partial charge in [0.05, 0.1) is 0 Å². The highest BCUT2D eigenvalue weighted by Gasteiger charge is 2.42. The summed E-state index contributed by atoms with van der Waals surface area (Å²) in [4.78, 5) is 14.8. The third-order valence-corrected chi connectivity index (χ3v) is 5.46. The lowest BCUT2D eigenvalue weighted by molar-refractivity contribution is 0.152. The van der Waals surface area contributed by atoms with Crippen LogP contribution in [-0.4, -0.2) is 41.3 Å². The molecule has 1 saturated carbocycles. The van der Waals surface area contributed by atoms with E-state index in [2.05, 4.69) is 31.0 Å². The molecule has 1 aliphatic carbocycles. The van der Waals surface area contributed by atoms with Crippen molar-refractivity contribution in [2.24, 2.45) is 17.8 Å². The Bertz CT molecular complexity index is 359. The summed E-state index contributed by atoms with van der Waals surface area (Å²) in [5.74, 6) is 1.70. The molecular weight excluding hydrogens is 276 g/mol. The summed E-state index contributed by atoms with van der Waals surface area (Å²) in [5.41, 5.74) is 0. The van der Waals surface area contributed by atoms with Crippen LogP contribution in [0, 0.1) is 17.8 Å². The lowest BCUT2D eigenvalue weighted by Crippen LogP contribution is -2.48. The molecule has 2 fully saturated rings. The van der Waals surface area contributed by atoms with E-state index in [1.54, 1.807) is 0 Å². The summed E-state index contributed by atoms with van der Waals surface area (Å²) in [6.07, 6.45) is 8.06. The molecule has 2 aliphatic rings. The molecule has 4 heteroatoms. The number of carbonyl (C=O) groups excluding carboxylic acids is 1. The van der Waals surface area contributed by atoms with E-state index in [4.69, 9.17) is 0 Å². The number of nitrogens with zero attached hydrogens (tertiary/aromatic N) is 1. The molecule has 2 amide bonds. The zero-order valence-corrected chi connectivity index (χ0v) is 14.6. The lowest BCUT2D eigenvalue weighted by Gasteiger charge is -2.33. The monoisotopic (exact) mass is 310 g/mol. The molecule has 2 rings (SSSR count). The Balaban J connectivity index is 1.87. The van der Waals surface area contributed by atoms with E-state index in [0.29, 0.717) is 30.5 Å². The maximum atomic E-state index is 12.7. The minimum Gasteiger partial charge on any atom is -0.396 e. The first-order chi connectivity index (χ1) is 10.5. The number of rotatable bonds is 6. The highest BCUT2D eigenvalue weighted by molar-refractivity contribution is 5.75. The van der Waals surface area contributed by atoms with Crippen LogP contribution in [0.2, 0.25) is 0 Å². The SMILES string of the molecule is CC(C)CC(CCO)CNC(=O)N1C(C)CC2CCCCC21. The van der Waals surface area contributed by atoms with Crippen LogP contribution in [0.4, 0.5) is 4.79 Å². The number of hydrogen-bond acceptors (Lipinski definition) is 2. The Morgan fingerprint density at radius 2 is 2.05 bits per heavy atom. The van der Waals surface area contributed by atoms with Crippen LogP contribution in [-0.2, 0) is 0 Å². The van der Waals surface area contributed by atoms with E-state index in [9.17, 15) is 9.90 Å². The van der Waals surface area contributed by atoms with Gasteiger partial charge in [0.25, 0.3) is 0 Å². The number of fused-ring (bicyclic) bond motifs is 1. The Morgan fingerprint density at radius 1 is 1.32 bits per heavy atom. The molecule has 0 aromatic carbocycles. The van der Waals surface area contributed by atoms with Crippen molar-refractivity contribution in [1.29, 1.82) is 0 Å². The van der Waals surface area contributed by atoms with Crippen molar-refractivity contribution < 1.29 is 9.90 Å². The highest BCUT2D eigenvalue weighted by atomic mass is 16.3. The van der Waals surface area contributed by atoms with Gasteiger partial charge >= 0.3 is 6.03 Å². The van der Waals surface area contributed by atoms with Gasteiger partial charge in [-0.05, 0) is 56.8 Å². The van der Waals surface area contributed by atoms with Gasteiger partial charge in [-0.3, -0.25) is 0 Å². The standard InChI is InChI=1S/C18H34N2O2/c1-13(2)10-15(8-9-21)12-19-18(22)20-14(3)11-16-6-4-5-7-17(16)20/h13-17,21H,4-12H2,1-3H3,(H,19,22). The van der Waals surface area contributed by atoms with E-state index >= 15 is 0 Å². The van der Waals surface area contributed by atoms with E-state index in [-0.39, 0.29) is 12.6 Å². The molecule has 22 heavy (non-hydrogen) atoms. The minimum atomic E-state index is 0.119. The van der Waals surface area contributed by atoms with Gasteiger partial charge in [0.1, 0.15) is 0 Å². The van der Waals surface area contributed by atoms with Crippen molar-refractivity contribution in [3.8, 4) is 0 Å². The van der Waals surface area contributed by atoms with E-state index in [1.807, 2.05) is 0 Å². The molecular formula is C18H34N2O2. The third-order valence-electron chi connectivity index (χ3n) is 5.46. The molecule has 2 N–H and O–H groups in total. The molecule has 128 valence electrons. The second-order valence-corrected chi connectivity index (χ2v) is 7.80. The smallest absolute Gasteiger partial charge is 0.317 e. The Kier molecular flexibility index (Phi) is 6.54. The predicted octanol–water partition coefficient (Wildman–Crippen LogP) is 3.39. The number of aliphatic hydroxyl groups excluding tert-OH is 1. The van der Waals surface area contributed by atoms with Crippen molar-refractivity contribution in [3.05, 3.63) is 0 Å².